The van der Waals surface area contributed by atoms with E-state index in [1.807, 2.05) is 18.7 Å². The summed E-state index contributed by atoms with van der Waals surface area (Å²) in [6.45, 7) is 12.7. The molecule has 3 aliphatic heterocycles. The molecule has 0 aliphatic carbocycles. The van der Waals surface area contributed by atoms with E-state index in [9.17, 15) is 4.79 Å². The third kappa shape index (κ3) is 3.27. The number of ether oxygens (including phenoxy) is 1. The fourth-order valence-electron chi connectivity index (χ4n) is 3.50. The Bertz CT molecular complexity index is 333. The quantitative estimate of drug-likeness (QED) is 0.741. The molecule has 0 aromatic heterocycles. The number of nitrogens with zero attached hydrogens (tertiary/aromatic N) is 2. The van der Waals surface area contributed by atoms with E-state index in [2.05, 4.69) is 18.7 Å². The van der Waals surface area contributed by atoms with Crippen LogP contribution in [0.2, 0.25) is 0 Å². The number of carbonyl (C=O) groups is 1. The first-order chi connectivity index (χ1) is 9.55. The lowest BCUT2D eigenvalue weighted by Crippen LogP contribution is -2.51. The van der Waals surface area contributed by atoms with Gasteiger partial charge >= 0.3 is 6.09 Å². The van der Waals surface area contributed by atoms with Crippen LogP contribution >= 0.6 is 0 Å². The van der Waals surface area contributed by atoms with Gasteiger partial charge in [0.05, 0.1) is 6.04 Å². The molecule has 0 aromatic rings. The van der Waals surface area contributed by atoms with Gasteiger partial charge in [-0.05, 0) is 44.2 Å². The summed E-state index contributed by atoms with van der Waals surface area (Å²) in [6.07, 6.45) is 4.72. The molecule has 0 bridgehead atoms. The van der Waals surface area contributed by atoms with E-state index in [4.69, 9.17) is 4.74 Å². The first-order valence-corrected chi connectivity index (χ1v) is 8.23. The second-order valence-corrected chi connectivity index (χ2v) is 6.80. The van der Waals surface area contributed by atoms with Crippen LogP contribution in [0.25, 0.3) is 0 Å². The molecule has 0 N–H and O–H groups in total. The maximum atomic E-state index is 11.5. The van der Waals surface area contributed by atoms with E-state index in [1.165, 1.54) is 25.9 Å². The number of cyclic esters (lactones) is 1. The number of likely N-dealkylation sites (tertiary alicyclic amines) is 1. The Hall–Kier alpha value is -0.770. The lowest BCUT2D eigenvalue weighted by Gasteiger charge is -2.44. The number of piperidine rings is 2. The average Bonchev–Trinajstić information content (AvgIpc) is 2.82. The smallest absolute Gasteiger partial charge is 0.410 e. The highest BCUT2D eigenvalue weighted by Crippen LogP contribution is 2.34. The fourth-order valence-corrected chi connectivity index (χ4v) is 3.50. The first kappa shape index (κ1) is 15.6. The van der Waals surface area contributed by atoms with Crippen LogP contribution in [0.5, 0.6) is 0 Å². The Labute approximate surface area is 123 Å². The molecule has 4 heteroatoms. The van der Waals surface area contributed by atoms with Crippen molar-refractivity contribution in [2.45, 2.75) is 65.5 Å². The van der Waals surface area contributed by atoms with Gasteiger partial charge in [0.2, 0.25) is 0 Å². The molecule has 116 valence electrons. The summed E-state index contributed by atoms with van der Waals surface area (Å²) in [7, 11) is 0. The molecule has 3 aliphatic rings. The Morgan fingerprint density at radius 2 is 1.75 bits per heavy atom. The highest BCUT2D eigenvalue weighted by atomic mass is 16.6. The highest BCUT2D eigenvalue weighted by Gasteiger charge is 2.40. The van der Waals surface area contributed by atoms with Crippen molar-refractivity contribution >= 4 is 6.09 Å². The molecule has 20 heavy (non-hydrogen) atoms. The average molecular weight is 282 g/mol. The van der Waals surface area contributed by atoms with Gasteiger partial charge in [-0.1, -0.05) is 27.7 Å². The molecule has 0 saturated carbocycles. The van der Waals surface area contributed by atoms with Gasteiger partial charge in [0.25, 0.3) is 0 Å². The van der Waals surface area contributed by atoms with E-state index in [-0.39, 0.29) is 6.09 Å². The molecule has 0 radical (unpaired) electrons. The Morgan fingerprint density at radius 3 is 2.40 bits per heavy atom. The highest BCUT2D eigenvalue weighted by molar-refractivity contribution is 5.70. The summed E-state index contributed by atoms with van der Waals surface area (Å²) < 4.78 is 5.14. The molecule has 2 atom stereocenters. The zero-order chi connectivity index (χ0) is 14.8. The van der Waals surface area contributed by atoms with Gasteiger partial charge in [-0.15, -0.1) is 0 Å². The van der Waals surface area contributed by atoms with Crippen molar-refractivity contribution in [3.8, 4) is 0 Å². The summed E-state index contributed by atoms with van der Waals surface area (Å²) in [5.41, 5.74) is 0.517. The summed E-state index contributed by atoms with van der Waals surface area (Å²) in [5.74, 6) is 0. The summed E-state index contributed by atoms with van der Waals surface area (Å²) in [5, 5.41) is 0. The van der Waals surface area contributed by atoms with Crippen LogP contribution in [-0.4, -0.2) is 54.2 Å². The Morgan fingerprint density at radius 1 is 1.10 bits per heavy atom. The van der Waals surface area contributed by atoms with Gasteiger partial charge in [-0.25, -0.2) is 4.79 Å². The lowest BCUT2D eigenvalue weighted by atomic mass is 9.81. The molecule has 1 amide bonds. The SMILES string of the molecule is CC.CC1(C)CCN(C2CCN3C(=O)OCC3C2)CC1. The summed E-state index contributed by atoms with van der Waals surface area (Å²) in [4.78, 5) is 16.0. The van der Waals surface area contributed by atoms with Crippen LogP contribution in [0.3, 0.4) is 0 Å². The second kappa shape index (κ2) is 6.33. The van der Waals surface area contributed by atoms with Gasteiger partial charge in [-0.2, -0.15) is 0 Å². The standard InChI is InChI=1S/C14H24N2O2.C2H6/c1-14(2)4-7-15(8-5-14)11-3-6-16-12(9-11)10-18-13(16)17;1-2/h11-12H,3-10H2,1-2H3;1-2H3. The zero-order valence-electron chi connectivity index (χ0n) is 13.5. The van der Waals surface area contributed by atoms with Crippen molar-refractivity contribution in [1.29, 1.82) is 0 Å². The third-order valence-corrected chi connectivity index (χ3v) is 4.99. The molecular formula is C16H30N2O2. The van der Waals surface area contributed by atoms with E-state index in [0.29, 0.717) is 24.1 Å². The van der Waals surface area contributed by atoms with Crippen LogP contribution in [0.15, 0.2) is 0 Å². The first-order valence-electron chi connectivity index (χ1n) is 8.23. The molecule has 3 heterocycles. The lowest BCUT2D eigenvalue weighted by molar-refractivity contribution is 0.0531. The van der Waals surface area contributed by atoms with E-state index >= 15 is 0 Å². The predicted octanol–water partition coefficient (Wildman–Crippen LogP) is 3.12. The number of rotatable bonds is 1. The van der Waals surface area contributed by atoms with Crippen molar-refractivity contribution in [2.24, 2.45) is 5.41 Å². The number of fused-ring (bicyclic) bond motifs is 1. The van der Waals surface area contributed by atoms with E-state index in [0.717, 1.165) is 19.4 Å². The molecule has 4 nitrogen and oxygen atoms in total. The number of carbonyl (C=O) groups excluding carboxylic acids is 1. The summed E-state index contributed by atoms with van der Waals surface area (Å²) in [6, 6.07) is 1.00. The zero-order valence-corrected chi connectivity index (χ0v) is 13.5. The second-order valence-electron chi connectivity index (χ2n) is 6.80. The van der Waals surface area contributed by atoms with Crippen molar-refractivity contribution in [1.82, 2.24) is 9.80 Å². The van der Waals surface area contributed by atoms with Gasteiger partial charge in [0, 0.05) is 12.6 Å². The van der Waals surface area contributed by atoms with Crippen LogP contribution < -0.4 is 0 Å². The van der Waals surface area contributed by atoms with Gasteiger partial charge < -0.3 is 14.5 Å². The summed E-state index contributed by atoms with van der Waals surface area (Å²) >= 11 is 0. The number of hydrogen-bond acceptors (Lipinski definition) is 3. The van der Waals surface area contributed by atoms with Crippen molar-refractivity contribution in [3.05, 3.63) is 0 Å². The van der Waals surface area contributed by atoms with Crippen molar-refractivity contribution in [3.63, 3.8) is 0 Å². The Balaban J connectivity index is 0.000000704. The third-order valence-electron chi connectivity index (χ3n) is 4.99. The van der Waals surface area contributed by atoms with Crippen LogP contribution in [0.1, 0.15) is 53.4 Å². The Kier molecular flexibility index (Phi) is 4.95. The minimum atomic E-state index is -0.0989. The molecule has 3 saturated heterocycles. The van der Waals surface area contributed by atoms with E-state index in [1.54, 1.807) is 0 Å². The minimum absolute atomic E-state index is 0.0989. The monoisotopic (exact) mass is 282 g/mol. The number of amides is 1. The van der Waals surface area contributed by atoms with Crippen molar-refractivity contribution < 1.29 is 9.53 Å². The predicted molar refractivity (Wildman–Crippen MR) is 80.8 cm³/mol. The maximum absolute atomic E-state index is 11.5. The van der Waals surface area contributed by atoms with Gasteiger partial charge in [0.1, 0.15) is 6.61 Å². The molecule has 0 spiro atoms. The van der Waals surface area contributed by atoms with Gasteiger partial charge in [-0.3, -0.25) is 0 Å². The maximum Gasteiger partial charge on any atom is 0.410 e. The molecule has 3 rings (SSSR count). The largest absolute Gasteiger partial charge is 0.447 e. The van der Waals surface area contributed by atoms with Crippen LogP contribution in [-0.2, 0) is 4.74 Å². The normalized spacial score (nSPS) is 33.0. The molecule has 3 fully saturated rings. The molecule has 2 unspecified atom stereocenters. The van der Waals surface area contributed by atoms with E-state index < -0.39 is 0 Å². The van der Waals surface area contributed by atoms with Crippen molar-refractivity contribution in [2.75, 3.05) is 26.2 Å². The fraction of sp³-hybridized carbons (Fsp3) is 0.938. The topological polar surface area (TPSA) is 32.8 Å². The minimum Gasteiger partial charge on any atom is -0.447 e. The molecular weight excluding hydrogens is 252 g/mol. The van der Waals surface area contributed by atoms with Gasteiger partial charge in [0.15, 0.2) is 0 Å². The van der Waals surface area contributed by atoms with Crippen LogP contribution in [0, 0.1) is 5.41 Å². The number of hydrogen-bond donors (Lipinski definition) is 0. The van der Waals surface area contributed by atoms with Crippen LogP contribution in [0.4, 0.5) is 4.79 Å². The molecule has 0 aromatic carbocycles.